The molecule has 1 saturated heterocycles. The van der Waals surface area contributed by atoms with Gasteiger partial charge in [-0.25, -0.2) is 0 Å². The van der Waals surface area contributed by atoms with E-state index in [1.165, 1.54) is 33.6 Å². The van der Waals surface area contributed by atoms with Crippen molar-refractivity contribution >= 4 is 38.6 Å². The summed E-state index contributed by atoms with van der Waals surface area (Å²) in [6, 6.07) is 7.23. The molecule has 3 rings (SSSR count). The summed E-state index contributed by atoms with van der Waals surface area (Å²) in [4.78, 5) is 5.59. The number of halogens is 1. The van der Waals surface area contributed by atoms with E-state index in [-0.39, 0.29) is 0 Å². The van der Waals surface area contributed by atoms with Gasteiger partial charge in [0.25, 0.3) is 0 Å². The number of hydrogen-bond donors (Lipinski definition) is 0. The van der Waals surface area contributed by atoms with Crippen LogP contribution in [-0.2, 0) is 6.54 Å². The average molecular weight is 328 g/mol. The van der Waals surface area contributed by atoms with Gasteiger partial charge in [0, 0.05) is 26.8 Å². The molecular weight excluding hydrogens is 314 g/mol. The molecule has 2 aromatic heterocycles. The first kappa shape index (κ1) is 11.9. The molecule has 0 bridgehead atoms. The first-order chi connectivity index (χ1) is 8.34. The van der Waals surface area contributed by atoms with Gasteiger partial charge < -0.3 is 0 Å². The highest BCUT2D eigenvalue weighted by molar-refractivity contribution is 9.10. The molecule has 1 nitrogen and oxygen atoms in total. The Morgan fingerprint density at radius 2 is 2.24 bits per heavy atom. The summed E-state index contributed by atoms with van der Waals surface area (Å²) in [5.41, 5.74) is 0. The predicted molar refractivity (Wildman–Crippen MR) is 78.7 cm³/mol. The lowest BCUT2D eigenvalue weighted by atomic mass is 10.2. The maximum atomic E-state index is 3.63. The number of hydrogen-bond acceptors (Lipinski definition) is 3. The second kappa shape index (κ2) is 5.22. The third kappa shape index (κ3) is 2.50. The zero-order valence-corrected chi connectivity index (χ0v) is 12.7. The molecule has 0 amide bonds. The molecule has 0 N–H and O–H groups in total. The largest absolute Gasteiger partial charge is 0.290 e. The smallest absolute Gasteiger partial charge is 0.0445 e. The van der Waals surface area contributed by atoms with Crippen LogP contribution in [0.1, 0.15) is 28.6 Å². The molecule has 1 unspecified atom stereocenters. The van der Waals surface area contributed by atoms with Crippen molar-refractivity contribution in [3.05, 3.63) is 43.2 Å². The van der Waals surface area contributed by atoms with Gasteiger partial charge in [-0.1, -0.05) is 6.07 Å². The second-order valence-corrected chi connectivity index (χ2v) is 7.17. The van der Waals surface area contributed by atoms with Gasteiger partial charge in [-0.05, 0) is 58.2 Å². The monoisotopic (exact) mass is 327 g/mol. The van der Waals surface area contributed by atoms with E-state index in [2.05, 4.69) is 49.8 Å². The Balaban J connectivity index is 1.77. The molecule has 1 aliphatic rings. The molecule has 4 heteroatoms. The number of thiophene rings is 2. The van der Waals surface area contributed by atoms with Crippen molar-refractivity contribution < 1.29 is 0 Å². The first-order valence-electron chi connectivity index (χ1n) is 5.84. The molecule has 1 atom stereocenters. The van der Waals surface area contributed by atoms with E-state index in [1.54, 1.807) is 0 Å². The Morgan fingerprint density at radius 1 is 1.29 bits per heavy atom. The van der Waals surface area contributed by atoms with Crippen LogP contribution in [0.25, 0.3) is 0 Å². The van der Waals surface area contributed by atoms with Gasteiger partial charge in [0.1, 0.15) is 0 Å². The standard InChI is InChI=1S/C13H14BrNS2/c14-10-5-8-17-13(10)9-15-6-1-3-11(15)12-4-2-7-16-12/h2,4-5,7-8,11H,1,3,6,9H2. The lowest BCUT2D eigenvalue weighted by Crippen LogP contribution is -2.21. The average Bonchev–Trinajstić information content (AvgIpc) is 3.02. The number of rotatable bonds is 3. The number of likely N-dealkylation sites (tertiary alicyclic amines) is 1. The maximum Gasteiger partial charge on any atom is 0.0445 e. The van der Waals surface area contributed by atoms with Crippen molar-refractivity contribution in [3.8, 4) is 0 Å². The SMILES string of the molecule is Brc1ccsc1CN1CCCC1c1cccs1. The van der Waals surface area contributed by atoms with Crippen molar-refractivity contribution in [2.24, 2.45) is 0 Å². The zero-order chi connectivity index (χ0) is 11.7. The van der Waals surface area contributed by atoms with E-state index < -0.39 is 0 Å². The Bertz CT molecular complexity index is 477. The Morgan fingerprint density at radius 3 is 2.94 bits per heavy atom. The molecule has 90 valence electrons. The Hall–Kier alpha value is -0.160. The van der Waals surface area contributed by atoms with Gasteiger partial charge in [0.15, 0.2) is 0 Å². The summed E-state index contributed by atoms with van der Waals surface area (Å²) in [6.45, 7) is 2.31. The van der Waals surface area contributed by atoms with Gasteiger partial charge in [0.05, 0.1) is 0 Å². The first-order valence-corrected chi connectivity index (χ1v) is 8.39. The third-order valence-corrected chi connectivity index (χ3v) is 6.16. The molecule has 17 heavy (non-hydrogen) atoms. The molecule has 0 aliphatic carbocycles. The molecular formula is C13H14BrNS2. The van der Waals surface area contributed by atoms with Crippen molar-refractivity contribution in [2.45, 2.75) is 25.4 Å². The van der Waals surface area contributed by atoms with Gasteiger partial charge in [-0.3, -0.25) is 4.90 Å². The highest BCUT2D eigenvalue weighted by Crippen LogP contribution is 2.37. The summed E-state index contributed by atoms with van der Waals surface area (Å²) in [6.07, 6.45) is 2.63. The second-order valence-electron chi connectivity index (χ2n) is 4.34. The van der Waals surface area contributed by atoms with Crippen LogP contribution in [0.4, 0.5) is 0 Å². The molecule has 0 aromatic carbocycles. The van der Waals surface area contributed by atoms with Gasteiger partial charge in [-0.15, -0.1) is 22.7 Å². The Kier molecular flexibility index (Phi) is 3.66. The summed E-state index contributed by atoms with van der Waals surface area (Å²) in [7, 11) is 0. The zero-order valence-electron chi connectivity index (χ0n) is 9.43. The topological polar surface area (TPSA) is 3.24 Å². The lowest BCUT2D eigenvalue weighted by molar-refractivity contribution is 0.253. The molecule has 1 fully saturated rings. The van der Waals surface area contributed by atoms with Crippen molar-refractivity contribution in [1.29, 1.82) is 0 Å². The summed E-state index contributed by atoms with van der Waals surface area (Å²) in [5, 5.41) is 4.35. The van der Waals surface area contributed by atoms with Crippen molar-refractivity contribution in [3.63, 3.8) is 0 Å². The van der Waals surface area contributed by atoms with E-state index in [0.717, 1.165) is 6.54 Å². The highest BCUT2D eigenvalue weighted by Gasteiger charge is 2.27. The van der Waals surface area contributed by atoms with Gasteiger partial charge in [0.2, 0.25) is 0 Å². The fraction of sp³-hybridized carbons (Fsp3) is 0.385. The predicted octanol–water partition coefficient (Wildman–Crippen LogP) is 4.91. The summed E-state index contributed by atoms with van der Waals surface area (Å²) < 4.78 is 1.26. The molecule has 0 spiro atoms. The molecule has 0 saturated carbocycles. The van der Waals surface area contributed by atoms with Crippen molar-refractivity contribution in [2.75, 3.05) is 6.54 Å². The van der Waals surface area contributed by atoms with Gasteiger partial charge in [-0.2, -0.15) is 0 Å². The van der Waals surface area contributed by atoms with Crippen LogP contribution in [0, 0.1) is 0 Å². The minimum absolute atomic E-state index is 0.643. The van der Waals surface area contributed by atoms with Crippen LogP contribution < -0.4 is 0 Å². The quantitative estimate of drug-likeness (QED) is 0.774. The van der Waals surface area contributed by atoms with Crippen LogP contribution in [0.5, 0.6) is 0 Å². The molecule has 0 radical (unpaired) electrons. The Labute approximate surface area is 118 Å². The van der Waals surface area contributed by atoms with E-state index in [4.69, 9.17) is 0 Å². The summed E-state index contributed by atoms with van der Waals surface area (Å²) in [5.74, 6) is 0. The van der Waals surface area contributed by atoms with E-state index >= 15 is 0 Å². The van der Waals surface area contributed by atoms with Gasteiger partial charge >= 0.3 is 0 Å². The molecule has 1 aliphatic heterocycles. The van der Waals surface area contributed by atoms with E-state index in [0.29, 0.717) is 6.04 Å². The summed E-state index contributed by atoms with van der Waals surface area (Å²) >= 11 is 7.37. The van der Waals surface area contributed by atoms with Crippen LogP contribution in [0.15, 0.2) is 33.4 Å². The maximum absolute atomic E-state index is 3.63. The number of nitrogens with zero attached hydrogens (tertiary/aromatic N) is 1. The van der Waals surface area contributed by atoms with Crippen LogP contribution in [0.3, 0.4) is 0 Å². The fourth-order valence-corrected chi connectivity index (χ4v) is 4.84. The fourth-order valence-electron chi connectivity index (χ4n) is 2.44. The van der Waals surface area contributed by atoms with Crippen LogP contribution >= 0.6 is 38.6 Å². The molecule has 3 heterocycles. The van der Waals surface area contributed by atoms with E-state index in [1.807, 2.05) is 22.7 Å². The highest BCUT2D eigenvalue weighted by atomic mass is 79.9. The van der Waals surface area contributed by atoms with Crippen LogP contribution in [-0.4, -0.2) is 11.4 Å². The molecule has 2 aromatic rings. The van der Waals surface area contributed by atoms with E-state index in [9.17, 15) is 0 Å². The minimum Gasteiger partial charge on any atom is -0.290 e. The third-order valence-electron chi connectivity index (χ3n) is 3.27. The van der Waals surface area contributed by atoms with Crippen molar-refractivity contribution in [1.82, 2.24) is 4.90 Å². The lowest BCUT2D eigenvalue weighted by Gasteiger charge is -2.23. The minimum atomic E-state index is 0.643. The van der Waals surface area contributed by atoms with Crippen LogP contribution in [0.2, 0.25) is 0 Å². The normalized spacial score (nSPS) is 21.1.